The third kappa shape index (κ3) is 3.02. The van der Waals surface area contributed by atoms with Crippen molar-refractivity contribution in [1.82, 2.24) is 4.72 Å². The average Bonchev–Trinajstić information content (AvgIpc) is 2.77. The zero-order valence-corrected chi connectivity index (χ0v) is 13.0. The third-order valence-corrected chi connectivity index (χ3v) is 5.61. The molecule has 0 saturated heterocycles. The summed E-state index contributed by atoms with van der Waals surface area (Å²) in [6, 6.07) is 3.97. The highest BCUT2D eigenvalue weighted by molar-refractivity contribution is 7.89. The fourth-order valence-corrected chi connectivity index (χ4v) is 4.53. The largest absolute Gasteiger partial charge is 0.478 e. The maximum Gasteiger partial charge on any atom is 0.345 e. The van der Waals surface area contributed by atoms with E-state index >= 15 is 0 Å². The second-order valence-electron chi connectivity index (χ2n) is 6.29. The Morgan fingerprint density at radius 2 is 2.04 bits per heavy atom. The highest BCUT2D eigenvalue weighted by Gasteiger charge is 2.55. The number of alkyl halides is 2. The Kier molecular flexibility index (Phi) is 3.42. The number of sulfonamides is 1. The molecule has 6 nitrogen and oxygen atoms in total. The Morgan fingerprint density at radius 1 is 1.39 bits per heavy atom. The topological polar surface area (TPSA) is 92.7 Å². The van der Waals surface area contributed by atoms with Crippen LogP contribution in [0.15, 0.2) is 23.1 Å². The van der Waals surface area contributed by atoms with Crippen molar-refractivity contribution < 1.29 is 31.8 Å². The molecule has 2 N–H and O–H groups in total. The zero-order chi connectivity index (χ0) is 17.0. The molecule has 126 valence electrons. The minimum Gasteiger partial charge on any atom is -0.478 e. The van der Waals surface area contributed by atoms with Crippen LogP contribution in [0.2, 0.25) is 0 Å². The summed E-state index contributed by atoms with van der Waals surface area (Å²) in [6.45, 7) is 1.43. The molecule has 1 saturated carbocycles. The Morgan fingerprint density at radius 3 is 2.61 bits per heavy atom. The van der Waals surface area contributed by atoms with Crippen LogP contribution >= 0.6 is 0 Å². The molecule has 1 aliphatic heterocycles. The minimum absolute atomic E-state index is 0.0589. The van der Waals surface area contributed by atoms with E-state index in [-0.39, 0.29) is 11.3 Å². The molecule has 0 radical (unpaired) electrons. The predicted octanol–water partition coefficient (Wildman–Crippen LogP) is 1.54. The second kappa shape index (κ2) is 4.88. The van der Waals surface area contributed by atoms with Crippen molar-refractivity contribution in [3.8, 4) is 5.75 Å². The van der Waals surface area contributed by atoms with E-state index in [1.807, 2.05) is 0 Å². The number of aliphatic carboxylic acids is 1. The van der Waals surface area contributed by atoms with Gasteiger partial charge in [-0.3, -0.25) is 0 Å². The first-order valence-corrected chi connectivity index (χ1v) is 8.42. The van der Waals surface area contributed by atoms with Crippen LogP contribution < -0.4 is 9.46 Å². The lowest BCUT2D eigenvalue weighted by atomic mass is 9.76. The minimum atomic E-state index is -3.97. The number of carboxylic acids is 1. The molecule has 0 amide bonds. The molecule has 1 aromatic rings. The van der Waals surface area contributed by atoms with Crippen molar-refractivity contribution in [2.75, 3.05) is 0 Å². The van der Waals surface area contributed by atoms with Crippen molar-refractivity contribution in [3.63, 3.8) is 0 Å². The number of carbonyl (C=O) groups is 1. The van der Waals surface area contributed by atoms with Crippen molar-refractivity contribution in [2.24, 2.45) is 0 Å². The molecule has 1 unspecified atom stereocenters. The van der Waals surface area contributed by atoms with E-state index in [1.165, 1.54) is 25.1 Å². The van der Waals surface area contributed by atoms with Crippen LogP contribution in [0.4, 0.5) is 8.78 Å². The van der Waals surface area contributed by atoms with Gasteiger partial charge in [-0.15, -0.1) is 0 Å². The normalized spacial score (nSPS) is 24.4. The molecule has 0 bridgehead atoms. The molecule has 1 atom stereocenters. The average molecular weight is 347 g/mol. The lowest BCUT2D eigenvalue weighted by Gasteiger charge is -2.44. The molecule has 23 heavy (non-hydrogen) atoms. The van der Waals surface area contributed by atoms with E-state index < -0.39 is 46.4 Å². The smallest absolute Gasteiger partial charge is 0.345 e. The monoisotopic (exact) mass is 347 g/mol. The number of halogens is 2. The van der Waals surface area contributed by atoms with Crippen LogP contribution in [0.25, 0.3) is 0 Å². The molecule has 0 spiro atoms. The zero-order valence-electron chi connectivity index (χ0n) is 12.2. The van der Waals surface area contributed by atoms with Crippen LogP contribution in [0.3, 0.4) is 0 Å². The molecule has 1 aliphatic carbocycles. The van der Waals surface area contributed by atoms with Gasteiger partial charge < -0.3 is 9.84 Å². The van der Waals surface area contributed by atoms with Crippen LogP contribution in [0.5, 0.6) is 5.75 Å². The highest BCUT2D eigenvalue weighted by Crippen LogP contribution is 2.46. The van der Waals surface area contributed by atoms with Crippen LogP contribution in [-0.4, -0.2) is 37.1 Å². The van der Waals surface area contributed by atoms with Crippen molar-refractivity contribution in [3.05, 3.63) is 23.8 Å². The Bertz CT molecular complexity index is 769. The van der Waals surface area contributed by atoms with Crippen LogP contribution in [0.1, 0.15) is 25.3 Å². The van der Waals surface area contributed by atoms with E-state index in [0.717, 1.165) is 0 Å². The molecular formula is C14H15F2NO5S. The summed E-state index contributed by atoms with van der Waals surface area (Å²) >= 11 is 0. The van der Waals surface area contributed by atoms with Gasteiger partial charge in [-0.05, 0) is 30.7 Å². The number of nitrogens with one attached hydrogen (secondary N) is 1. The van der Waals surface area contributed by atoms with E-state index in [1.54, 1.807) is 0 Å². The maximum atomic E-state index is 13.0. The predicted molar refractivity (Wildman–Crippen MR) is 75.1 cm³/mol. The third-order valence-electron chi connectivity index (χ3n) is 3.97. The van der Waals surface area contributed by atoms with Gasteiger partial charge in [0.2, 0.25) is 10.0 Å². The van der Waals surface area contributed by atoms with E-state index in [2.05, 4.69) is 4.72 Å². The van der Waals surface area contributed by atoms with Crippen molar-refractivity contribution >= 4 is 16.0 Å². The summed E-state index contributed by atoms with van der Waals surface area (Å²) in [4.78, 5) is 10.8. The number of hydrogen-bond acceptors (Lipinski definition) is 4. The van der Waals surface area contributed by atoms with Gasteiger partial charge in [-0.25, -0.2) is 26.7 Å². The molecule has 1 fully saturated rings. The van der Waals surface area contributed by atoms with Gasteiger partial charge in [0.05, 0.1) is 4.90 Å². The molecule has 2 aliphatic rings. The Hall–Kier alpha value is -1.74. The number of hydrogen-bond donors (Lipinski definition) is 2. The summed E-state index contributed by atoms with van der Waals surface area (Å²) in [7, 11) is -3.97. The summed E-state index contributed by atoms with van der Waals surface area (Å²) in [5, 5.41) is 8.93. The number of fused-ring (bicyclic) bond motifs is 1. The van der Waals surface area contributed by atoms with Gasteiger partial charge in [0.1, 0.15) is 5.75 Å². The lowest BCUT2D eigenvalue weighted by molar-refractivity contribution is -0.144. The molecule has 1 aromatic carbocycles. The Balaban J connectivity index is 1.80. The Labute approximate surface area is 131 Å². The van der Waals surface area contributed by atoms with E-state index in [9.17, 15) is 22.0 Å². The standard InChI is InChI=1S/C14H15F2NO5S/c1-13(6-14(15,16)7-13)17-23(20,21)9-2-3-10-8(4-9)5-11(22-10)12(18)19/h2-4,11,17H,5-7H2,1H3,(H,18,19). The van der Waals surface area contributed by atoms with E-state index in [4.69, 9.17) is 9.84 Å². The quantitative estimate of drug-likeness (QED) is 0.862. The number of benzene rings is 1. The van der Waals surface area contributed by atoms with Gasteiger partial charge >= 0.3 is 5.97 Å². The van der Waals surface area contributed by atoms with Crippen LogP contribution in [-0.2, 0) is 21.2 Å². The van der Waals surface area contributed by atoms with Crippen molar-refractivity contribution in [2.45, 2.75) is 48.6 Å². The fraction of sp³-hybridized carbons (Fsp3) is 0.500. The van der Waals surface area contributed by atoms with Gasteiger partial charge in [0.25, 0.3) is 5.92 Å². The SMILES string of the molecule is CC1(NS(=O)(=O)c2ccc3c(c2)CC(C(=O)O)O3)CC(F)(F)C1. The first-order chi connectivity index (χ1) is 10.5. The summed E-state index contributed by atoms with van der Waals surface area (Å²) in [6.07, 6.45) is -2.08. The molecule has 9 heteroatoms. The van der Waals surface area contributed by atoms with E-state index in [0.29, 0.717) is 11.3 Å². The first kappa shape index (κ1) is 16.1. The summed E-state index contributed by atoms with van der Waals surface area (Å²) in [5.74, 6) is -3.66. The number of carboxylic acid groups (broad SMARTS) is 1. The van der Waals surface area contributed by atoms with Crippen molar-refractivity contribution in [1.29, 1.82) is 0 Å². The number of ether oxygens (including phenoxy) is 1. The highest BCUT2D eigenvalue weighted by atomic mass is 32.2. The summed E-state index contributed by atoms with van der Waals surface area (Å²) < 4.78 is 58.2. The second-order valence-corrected chi connectivity index (χ2v) is 7.98. The maximum absolute atomic E-state index is 13.0. The van der Waals surface area contributed by atoms with Gasteiger partial charge in [-0.2, -0.15) is 0 Å². The number of rotatable bonds is 4. The summed E-state index contributed by atoms with van der Waals surface area (Å²) in [5.41, 5.74) is -0.717. The molecule has 3 rings (SSSR count). The van der Waals surface area contributed by atoms with Crippen LogP contribution in [0, 0.1) is 0 Å². The van der Waals surface area contributed by atoms with Gasteiger partial charge in [-0.1, -0.05) is 0 Å². The van der Waals surface area contributed by atoms with Gasteiger partial charge in [0, 0.05) is 24.8 Å². The molecule has 1 heterocycles. The molecule has 0 aromatic heterocycles. The fourth-order valence-electron chi connectivity index (χ4n) is 3.08. The lowest BCUT2D eigenvalue weighted by Crippen LogP contribution is -2.60. The van der Waals surface area contributed by atoms with Gasteiger partial charge in [0.15, 0.2) is 6.10 Å². The first-order valence-electron chi connectivity index (χ1n) is 6.94. The molecular weight excluding hydrogens is 332 g/mol.